The summed E-state index contributed by atoms with van der Waals surface area (Å²) < 4.78 is 13.8. The highest BCUT2D eigenvalue weighted by Gasteiger charge is 2.30. The SMILES string of the molecule is C[C@@H](C(=O)Nc1cccc(Cl)c1)C1CCC(c2ccnc3ccc(F)cc23)CC1. The van der Waals surface area contributed by atoms with Crippen LogP contribution in [0.2, 0.25) is 5.02 Å². The largest absolute Gasteiger partial charge is 0.326 e. The number of nitrogens with zero attached hydrogens (tertiary/aromatic N) is 1. The van der Waals surface area contributed by atoms with Crippen molar-refractivity contribution in [2.24, 2.45) is 11.8 Å². The Labute approximate surface area is 175 Å². The van der Waals surface area contributed by atoms with Crippen LogP contribution in [0.5, 0.6) is 0 Å². The molecule has 1 aliphatic rings. The Morgan fingerprint density at radius 2 is 1.93 bits per heavy atom. The monoisotopic (exact) mass is 410 g/mol. The van der Waals surface area contributed by atoms with Gasteiger partial charge in [-0.25, -0.2) is 4.39 Å². The van der Waals surface area contributed by atoms with Crippen LogP contribution in [0.4, 0.5) is 10.1 Å². The maximum atomic E-state index is 13.8. The molecule has 1 aliphatic carbocycles. The molecule has 1 heterocycles. The minimum absolute atomic E-state index is 0.0344. The summed E-state index contributed by atoms with van der Waals surface area (Å²) in [6.07, 6.45) is 5.76. The molecule has 1 amide bonds. The summed E-state index contributed by atoms with van der Waals surface area (Å²) in [6, 6.07) is 14.0. The van der Waals surface area contributed by atoms with E-state index in [1.807, 2.05) is 31.3 Å². The molecule has 1 fully saturated rings. The normalized spacial score (nSPS) is 20.4. The number of anilines is 1. The zero-order chi connectivity index (χ0) is 20.4. The molecule has 0 spiro atoms. The molecule has 0 radical (unpaired) electrons. The first-order valence-corrected chi connectivity index (χ1v) is 10.5. The average molecular weight is 411 g/mol. The van der Waals surface area contributed by atoms with Crippen LogP contribution in [0.25, 0.3) is 10.9 Å². The first kappa shape index (κ1) is 19.8. The van der Waals surface area contributed by atoms with Crippen molar-refractivity contribution >= 4 is 34.1 Å². The molecule has 0 aliphatic heterocycles. The number of rotatable bonds is 4. The second-order valence-corrected chi connectivity index (χ2v) is 8.40. The third-order valence-electron chi connectivity index (χ3n) is 6.16. The van der Waals surface area contributed by atoms with E-state index in [1.165, 1.54) is 11.6 Å². The minimum Gasteiger partial charge on any atom is -0.326 e. The van der Waals surface area contributed by atoms with Crippen molar-refractivity contribution in [3.05, 3.63) is 71.1 Å². The van der Waals surface area contributed by atoms with Crippen molar-refractivity contribution in [2.75, 3.05) is 5.32 Å². The number of amides is 1. The van der Waals surface area contributed by atoms with Crippen molar-refractivity contribution in [1.82, 2.24) is 4.98 Å². The highest BCUT2D eigenvalue weighted by atomic mass is 35.5. The molecule has 0 saturated heterocycles. The third kappa shape index (κ3) is 4.43. The van der Waals surface area contributed by atoms with E-state index >= 15 is 0 Å². The van der Waals surface area contributed by atoms with Gasteiger partial charge < -0.3 is 5.32 Å². The molecule has 3 aromatic rings. The Morgan fingerprint density at radius 1 is 1.14 bits per heavy atom. The number of carbonyl (C=O) groups is 1. The molecule has 1 N–H and O–H groups in total. The van der Waals surface area contributed by atoms with E-state index in [4.69, 9.17) is 11.6 Å². The zero-order valence-corrected chi connectivity index (χ0v) is 17.1. The molecule has 3 nitrogen and oxygen atoms in total. The van der Waals surface area contributed by atoms with Gasteiger partial charge in [0.1, 0.15) is 5.82 Å². The first-order valence-electron chi connectivity index (χ1n) is 10.1. The lowest BCUT2D eigenvalue weighted by Gasteiger charge is -2.32. The predicted octanol–water partition coefficient (Wildman–Crippen LogP) is 6.58. The van der Waals surface area contributed by atoms with Gasteiger partial charge in [0.15, 0.2) is 0 Å². The lowest BCUT2D eigenvalue weighted by molar-refractivity contribution is -0.121. The number of carbonyl (C=O) groups excluding carboxylic acids is 1. The topological polar surface area (TPSA) is 42.0 Å². The first-order chi connectivity index (χ1) is 14.0. The number of hydrogen-bond donors (Lipinski definition) is 1. The van der Waals surface area contributed by atoms with Crippen LogP contribution in [0.15, 0.2) is 54.7 Å². The summed E-state index contributed by atoms with van der Waals surface area (Å²) in [5.41, 5.74) is 2.73. The summed E-state index contributed by atoms with van der Waals surface area (Å²) in [4.78, 5) is 17.0. The molecule has 0 unspecified atom stereocenters. The lowest BCUT2D eigenvalue weighted by atomic mass is 9.73. The Balaban J connectivity index is 1.41. The lowest BCUT2D eigenvalue weighted by Crippen LogP contribution is -2.29. The van der Waals surface area contributed by atoms with Gasteiger partial charge in [0.2, 0.25) is 5.91 Å². The van der Waals surface area contributed by atoms with E-state index in [0.717, 1.165) is 42.3 Å². The summed E-state index contributed by atoms with van der Waals surface area (Å²) in [6.45, 7) is 2.00. The summed E-state index contributed by atoms with van der Waals surface area (Å²) in [7, 11) is 0. The van der Waals surface area contributed by atoms with Gasteiger partial charge in [-0.3, -0.25) is 9.78 Å². The van der Waals surface area contributed by atoms with Gasteiger partial charge in [0.25, 0.3) is 0 Å². The van der Waals surface area contributed by atoms with Crippen LogP contribution in [0.3, 0.4) is 0 Å². The van der Waals surface area contributed by atoms with Crippen LogP contribution in [-0.4, -0.2) is 10.9 Å². The van der Waals surface area contributed by atoms with Gasteiger partial charge in [-0.15, -0.1) is 0 Å². The Morgan fingerprint density at radius 3 is 2.69 bits per heavy atom. The maximum Gasteiger partial charge on any atom is 0.227 e. The number of halogens is 2. The number of aromatic nitrogens is 1. The van der Waals surface area contributed by atoms with Gasteiger partial charge in [0.05, 0.1) is 5.52 Å². The fourth-order valence-corrected chi connectivity index (χ4v) is 4.65. The molecule has 1 aromatic heterocycles. The average Bonchev–Trinajstić information content (AvgIpc) is 2.73. The summed E-state index contributed by atoms with van der Waals surface area (Å²) >= 11 is 6.00. The molecule has 150 valence electrons. The quantitative estimate of drug-likeness (QED) is 0.528. The molecule has 5 heteroatoms. The second kappa shape index (κ2) is 8.50. The van der Waals surface area contributed by atoms with Gasteiger partial charge in [0, 0.05) is 28.2 Å². The predicted molar refractivity (Wildman–Crippen MR) is 116 cm³/mol. The Hall–Kier alpha value is -2.46. The zero-order valence-electron chi connectivity index (χ0n) is 16.4. The van der Waals surface area contributed by atoms with Gasteiger partial charge in [-0.1, -0.05) is 24.6 Å². The summed E-state index contributed by atoms with van der Waals surface area (Å²) in [5, 5.41) is 4.49. The van der Waals surface area contributed by atoms with Crippen LogP contribution < -0.4 is 5.32 Å². The van der Waals surface area contributed by atoms with Crippen LogP contribution in [0, 0.1) is 17.7 Å². The molecule has 4 rings (SSSR count). The van der Waals surface area contributed by atoms with Crippen molar-refractivity contribution < 1.29 is 9.18 Å². The van der Waals surface area contributed by atoms with Gasteiger partial charge in [-0.05, 0) is 85.5 Å². The number of nitrogens with one attached hydrogen (secondary N) is 1. The minimum atomic E-state index is -0.230. The summed E-state index contributed by atoms with van der Waals surface area (Å²) in [5.74, 6) is 0.456. The number of benzene rings is 2. The highest BCUT2D eigenvalue weighted by molar-refractivity contribution is 6.30. The van der Waals surface area contributed by atoms with E-state index < -0.39 is 0 Å². The number of pyridine rings is 1. The van der Waals surface area contributed by atoms with E-state index in [0.29, 0.717) is 16.9 Å². The van der Waals surface area contributed by atoms with E-state index in [-0.39, 0.29) is 17.6 Å². The van der Waals surface area contributed by atoms with Crippen LogP contribution in [0.1, 0.15) is 44.1 Å². The van der Waals surface area contributed by atoms with E-state index in [9.17, 15) is 9.18 Å². The Kier molecular flexibility index (Phi) is 5.81. The second-order valence-electron chi connectivity index (χ2n) is 7.96. The van der Waals surface area contributed by atoms with Crippen LogP contribution >= 0.6 is 11.6 Å². The van der Waals surface area contributed by atoms with Crippen molar-refractivity contribution in [3.63, 3.8) is 0 Å². The van der Waals surface area contributed by atoms with Crippen LogP contribution in [-0.2, 0) is 4.79 Å². The van der Waals surface area contributed by atoms with Gasteiger partial charge in [-0.2, -0.15) is 0 Å². The molecule has 0 bridgehead atoms. The fraction of sp³-hybridized carbons (Fsp3) is 0.333. The molecule has 2 aromatic carbocycles. The smallest absolute Gasteiger partial charge is 0.227 e. The molecular formula is C24H24ClFN2O. The molecular weight excluding hydrogens is 387 g/mol. The molecule has 29 heavy (non-hydrogen) atoms. The van der Waals surface area contributed by atoms with E-state index in [2.05, 4.69) is 10.3 Å². The Bertz CT molecular complexity index is 1030. The fourth-order valence-electron chi connectivity index (χ4n) is 4.46. The van der Waals surface area contributed by atoms with Crippen molar-refractivity contribution in [3.8, 4) is 0 Å². The maximum absolute atomic E-state index is 13.8. The van der Waals surface area contributed by atoms with Crippen molar-refractivity contribution in [1.29, 1.82) is 0 Å². The number of hydrogen-bond acceptors (Lipinski definition) is 2. The third-order valence-corrected chi connectivity index (χ3v) is 6.40. The van der Waals surface area contributed by atoms with Crippen molar-refractivity contribution in [2.45, 2.75) is 38.5 Å². The molecule has 1 saturated carbocycles. The number of fused-ring (bicyclic) bond motifs is 1. The highest BCUT2D eigenvalue weighted by Crippen LogP contribution is 2.41. The molecule has 1 atom stereocenters. The van der Waals surface area contributed by atoms with Gasteiger partial charge >= 0.3 is 0 Å². The standard InChI is InChI=1S/C24H24ClFN2O/c1-15(24(29)28-20-4-2-3-18(25)13-20)16-5-7-17(8-6-16)21-11-12-27-23-10-9-19(26)14-22(21)23/h2-4,9-17H,5-8H2,1H3,(H,28,29)/t15-,16?,17?/m1/s1. The van der Waals surface area contributed by atoms with E-state index in [1.54, 1.807) is 24.3 Å².